The Morgan fingerprint density at radius 1 is 1.08 bits per heavy atom. The van der Waals surface area contributed by atoms with Crippen LogP contribution < -0.4 is 15.4 Å². The first-order chi connectivity index (χ1) is 17.7. The number of thiocarbonyl (C=S) groups is 1. The molecule has 1 fully saturated rings. The van der Waals surface area contributed by atoms with Crippen molar-refractivity contribution >= 4 is 28.9 Å². The number of nitrogens with zero attached hydrogens (tertiary/aromatic N) is 4. The fraction of sp³-hybridized carbons (Fsp3) is 0.185. The normalized spacial score (nSPS) is 17.0. The highest BCUT2D eigenvalue weighted by atomic mass is 32.1. The number of rotatable bonds is 8. The van der Waals surface area contributed by atoms with Crippen LogP contribution in [0.4, 0.5) is 5.69 Å². The lowest BCUT2D eigenvalue weighted by molar-refractivity contribution is -0.116. The van der Waals surface area contributed by atoms with Crippen molar-refractivity contribution in [2.24, 2.45) is 0 Å². The number of anilines is 1. The Morgan fingerprint density at radius 3 is 2.72 bits per heavy atom. The number of hydrogen-bond acceptors (Lipinski definition) is 5. The van der Waals surface area contributed by atoms with E-state index in [4.69, 9.17) is 17.0 Å². The van der Waals surface area contributed by atoms with Crippen LogP contribution in [0, 0.1) is 0 Å². The molecule has 4 heterocycles. The molecule has 1 amide bonds. The largest absolute Gasteiger partial charge is 0.495 e. The Morgan fingerprint density at radius 2 is 1.94 bits per heavy atom. The van der Waals surface area contributed by atoms with Gasteiger partial charge in [0.05, 0.1) is 42.5 Å². The molecule has 0 aliphatic carbocycles. The monoisotopic (exact) mass is 498 g/mol. The average molecular weight is 499 g/mol. The summed E-state index contributed by atoms with van der Waals surface area (Å²) in [7, 11) is 1.58. The van der Waals surface area contributed by atoms with Gasteiger partial charge in [-0.3, -0.25) is 14.8 Å². The van der Waals surface area contributed by atoms with Gasteiger partial charge in [-0.25, -0.2) is 0 Å². The number of ether oxygens (including phenoxy) is 1. The molecule has 1 aliphatic rings. The number of nitrogens with one attached hydrogen (secondary N) is 2. The van der Waals surface area contributed by atoms with Crippen LogP contribution in [-0.4, -0.2) is 44.1 Å². The zero-order valence-electron chi connectivity index (χ0n) is 19.7. The lowest BCUT2D eigenvalue weighted by atomic mass is 10.0. The third-order valence-electron chi connectivity index (χ3n) is 6.17. The molecule has 36 heavy (non-hydrogen) atoms. The number of carbonyl (C=O) groups excluding carboxylic acids is 1. The molecule has 1 aliphatic heterocycles. The van der Waals surface area contributed by atoms with Crippen LogP contribution in [0.5, 0.6) is 5.75 Å². The Hall–Kier alpha value is -4.24. The van der Waals surface area contributed by atoms with Crippen LogP contribution in [0.1, 0.15) is 29.9 Å². The minimum absolute atomic E-state index is 0.120. The van der Waals surface area contributed by atoms with Crippen molar-refractivity contribution in [2.45, 2.75) is 18.5 Å². The van der Waals surface area contributed by atoms with E-state index in [1.807, 2.05) is 73.1 Å². The van der Waals surface area contributed by atoms with Crippen LogP contribution in [0.25, 0.3) is 5.69 Å². The average Bonchev–Trinajstić information content (AvgIpc) is 3.53. The molecule has 1 saturated heterocycles. The fourth-order valence-electron chi connectivity index (χ4n) is 4.52. The summed E-state index contributed by atoms with van der Waals surface area (Å²) in [6.07, 6.45) is 7.61. The van der Waals surface area contributed by atoms with Crippen LogP contribution in [0.3, 0.4) is 0 Å². The van der Waals surface area contributed by atoms with E-state index in [9.17, 15) is 4.79 Å². The van der Waals surface area contributed by atoms with Crippen LogP contribution in [0.2, 0.25) is 0 Å². The molecule has 0 radical (unpaired) electrons. The van der Waals surface area contributed by atoms with Gasteiger partial charge < -0.3 is 24.8 Å². The highest BCUT2D eigenvalue weighted by molar-refractivity contribution is 7.80. The summed E-state index contributed by atoms with van der Waals surface area (Å²) in [6.45, 7) is 0.430. The summed E-state index contributed by atoms with van der Waals surface area (Å²) in [4.78, 5) is 23.8. The molecule has 9 heteroatoms. The molecule has 3 aromatic heterocycles. The SMILES string of the molecule is COc1ccccc1NC(=O)CCN1C(=S)NC(c2ccccn2)C1c1cccn1-c1cccnc1. The summed E-state index contributed by atoms with van der Waals surface area (Å²) in [5.41, 5.74) is 3.49. The molecular weight excluding hydrogens is 472 g/mol. The third-order valence-corrected chi connectivity index (χ3v) is 6.52. The number of pyridine rings is 2. The number of para-hydroxylation sites is 2. The smallest absolute Gasteiger partial charge is 0.226 e. The molecule has 5 rings (SSSR count). The van der Waals surface area contributed by atoms with Gasteiger partial charge in [-0.15, -0.1) is 0 Å². The number of hydrogen-bond donors (Lipinski definition) is 2. The van der Waals surface area contributed by atoms with Gasteiger partial charge in [0.2, 0.25) is 5.91 Å². The molecule has 0 spiro atoms. The third kappa shape index (κ3) is 4.78. The Kier molecular flexibility index (Phi) is 6.90. The molecule has 1 aromatic carbocycles. The van der Waals surface area contributed by atoms with E-state index in [1.165, 1.54) is 0 Å². The minimum Gasteiger partial charge on any atom is -0.495 e. The Labute approximate surface area is 215 Å². The van der Waals surface area contributed by atoms with Gasteiger partial charge in [-0.1, -0.05) is 18.2 Å². The van der Waals surface area contributed by atoms with Gasteiger partial charge in [0.1, 0.15) is 5.75 Å². The van der Waals surface area contributed by atoms with E-state index in [1.54, 1.807) is 19.5 Å². The highest BCUT2D eigenvalue weighted by Gasteiger charge is 2.41. The molecule has 2 atom stereocenters. The Balaban J connectivity index is 1.43. The molecule has 4 aromatic rings. The number of benzene rings is 1. The Bertz CT molecular complexity index is 1340. The van der Waals surface area contributed by atoms with Crippen molar-refractivity contribution in [3.63, 3.8) is 0 Å². The second kappa shape index (κ2) is 10.6. The predicted molar refractivity (Wildman–Crippen MR) is 142 cm³/mol. The van der Waals surface area contributed by atoms with Gasteiger partial charge in [0, 0.05) is 37.3 Å². The standard InChI is InChI=1S/C27H26N6O2S/c1-35-23-12-3-2-9-20(23)30-24(34)13-17-33-26(25(31-27(33)36)21-10-4-5-15-29-21)22-11-7-16-32(22)19-8-6-14-28-18-19/h2-12,14-16,18,25-26H,13,17H2,1H3,(H,30,34)(H,31,36). The predicted octanol–water partition coefficient (Wildman–Crippen LogP) is 4.28. The van der Waals surface area contributed by atoms with Crippen LogP contribution >= 0.6 is 12.2 Å². The van der Waals surface area contributed by atoms with Crippen molar-refractivity contribution in [2.75, 3.05) is 19.0 Å². The molecular formula is C27H26N6O2S. The van der Waals surface area contributed by atoms with Crippen molar-refractivity contribution in [1.29, 1.82) is 0 Å². The van der Waals surface area contributed by atoms with E-state index in [0.29, 0.717) is 23.1 Å². The van der Waals surface area contributed by atoms with E-state index < -0.39 is 0 Å². The van der Waals surface area contributed by atoms with E-state index in [2.05, 4.69) is 36.1 Å². The summed E-state index contributed by atoms with van der Waals surface area (Å²) >= 11 is 5.76. The summed E-state index contributed by atoms with van der Waals surface area (Å²) < 4.78 is 7.46. The summed E-state index contributed by atoms with van der Waals surface area (Å²) in [5.74, 6) is 0.497. The first-order valence-electron chi connectivity index (χ1n) is 11.6. The molecule has 2 N–H and O–H groups in total. The maximum atomic E-state index is 12.9. The molecule has 0 bridgehead atoms. The van der Waals surface area contributed by atoms with Gasteiger partial charge in [-0.05, 0) is 60.7 Å². The molecule has 0 saturated carbocycles. The molecule has 182 valence electrons. The van der Waals surface area contributed by atoms with Gasteiger partial charge in [0.25, 0.3) is 0 Å². The van der Waals surface area contributed by atoms with Crippen LogP contribution in [-0.2, 0) is 4.79 Å². The fourth-order valence-corrected chi connectivity index (χ4v) is 4.85. The van der Waals surface area contributed by atoms with Crippen LogP contribution in [0.15, 0.2) is 91.5 Å². The quantitative estimate of drug-likeness (QED) is 0.351. The highest BCUT2D eigenvalue weighted by Crippen LogP contribution is 2.39. The summed E-state index contributed by atoms with van der Waals surface area (Å²) in [5, 5.41) is 6.98. The minimum atomic E-state index is -0.179. The maximum Gasteiger partial charge on any atom is 0.226 e. The zero-order valence-corrected chi connectivity index (χ0v) is 20.6. The number of aromatic nitrogens is 3. The molecule has 2 unspecified atom stereocenters. The lowest BCUT2D eigenvalue weighted by Crippen LogP contribution is -2.33. The van der Waals surface area contributed by atoms with E-state index in [0.717, 1.165) is 17.1 Å². The van der Waals surface area contributed by atoms with Gasteiger partial charge >= 0.3 is 0 Å². The molecule has 8 nitrogen and oxygen atoms in total. The number of amides is 1. The second-order valence-electron chi connectivity index (χ2n) is 8.33. The number of methoxy groups -OCH3 is 1. The van der Waals surface area contributed by atoms with Crippen molar-refractivity contribution in [3.8, 4) is 11.4 Å². The van der Waals surface area contributed by atoms with E-state index in [-0.39, 0.29) is 24.4 Å². The number of carbonyl (C=O) groups is 1. The first-order valence-corrected chi connectivity index (χ1v) is 12.0. The van der Waals surface area contributed by atoms with E-state index >= 15 is 0 Å². The van der Waals surface area contributed by atoms with Crippen molar-refractivity contribution < 1.29 is 9.53 Å². The lowest BCUT2D eigenvalue weighted by Gasteiger charge is -2.28. The van der Waals surface area contributed by atoms with Gasteiger partial charge in [-0.2, -0.15) is 0 Å². The maximum absolute atomic E-state index is 12.9. The second-order valence-corrected chi connectivity index (χ2v) is 8.72. The summed E-state index contributed by atoms with van der Waals surface area (Å²) in [6, 6.07) is 20.8. The van der Waals surface area contributed by atoms with Crippen molar-refractivity contribution in [3.05, 3.63) is 103 Å². The zero-order chi connectivity index (χ0) is 24.9. The topological polar surface area (TPSA) is 84.3 Å². The van der Waals surface area contributed by atoms with Crippen molar-refractivity contribution in [1.82, 2.24) is 24.8 Å². The van der Waals surface area contributed by atoms with Gasteiger partial charge in [0.15, 0.2) is 5.11 Å². The first kappa shape index (κ1) is 23.5.